The van der Waals surface area contributed by atoms with Crippen molar-refractivity contribution in [3.05, 3.63) is 35.4 Å². The molecule has 0 aromatic heterocycles. The number of rotatable bonds is 3. The minimum Gasteiger partial charge on any atom is -0.385 e. The van der Waals surface area contributed by atoms with E-state index in [-0.39, 0.29) is 12.1 Å². The second kappa shape index (κ2) is 4.57. The molecule has 0 bridgehead atoms. The normalized spacial score (nSPS) is 19.6. The lowest BCUT2D eigenvalue weighted by Gasteiger charge is -2.25. The molecule has 1 aliphatic heterocycles. The van der Waals surface area contributed by atoms with Crippen molar-refractivity contribution in [1.29, 1.82) is 0 Å². The zero-order valence-corrected chi connectivity index (χ0v) is 10.2. The van der Waals surface area contributed by atoms with Crippen LogP contribution in [0.5, 0.6) is 0 Å². The number of benzene rings is 1. The van der Waals surface area contributed by atoms with Gasteiger partial charge in [-0.25, -0.2) is 4.79 Å². The van der Waals surface area contributed by atoms with Crippen molar-refractivity contribution in [2.45, 2.75) is 26.3 Å². The van der Waals surface area contributed by atoms with E-state index in [0.29, 0.717) is 12.4 Å². The summed E-state index contributed by atoms with van der Waals surface area (Å²) in [5.74, 6) is 0.401. The van der Waals surface area contributed by atoms with Crippen LogP contribution in [-0.4, -0.2) is 23.3 Å². The van der Waals surface area contributed by atoms with E-state index in [0.717, 1.165) is 17.5 Å². The molecule has 2 N–H and O–H groups in total. The Morgan fingerprint density at radius 3 is 2.76 bits per heavy atom. The fourth-order valence-electron chi connectivity index (χ4n) is 2.19. The van der Waals surface area contributed by atoms with E-state index in [4.69, 9.17) is 5.73 Å². The Hall–Kier alpha value is -1.84. The monoisotopic (exact) mass is 231 g/mol. The number of hydrogen-bond acceptors (Lipinski definition) is 2. The standard InChI is InChI=1S/C13H17N3O/c1-3-8-16-11(12(14)15-13(16)17)10-7-5-4-6-9(10)2/h4-7,11H,3,8H2,1-2H3,(H2,14,15,17). The van der Waals surface area contributed by atoms with Gasteiger partial charge in [0.1, 0.15) is 11.9 Å². The van der Waals surface area contributed by atoms with Crippen molar-refractivity contribution in [2.24, 2.45) is 10.7 Å². The summed E-state index contributed by atoms with van der Waals surface area (Å²) in [6.45, 7) is 4.74. The zero-order valence-electron chi connectivity index (χ0n) is 10.2. The third-order valence-electron chi connectivity index (χ3n) is 3.01. The van der Waals surface area contributed by atoms with Crippen LogP contribution in [0.3, 0.4) is 0 Å². The first kappa shape index (κ1) is 11.6. The number of amidine groups is 1. The number of carbonyl (C=O) groups excluding carboxylic acids is 1. The first-order valence-electron chi connectivity index (χ1n) is 5.85. The quantitative estimate of drug-likeness (QED) is 0.867. The third kappa shape index (κ3) is 2.02. The lowest BCUT2D eigenvalue weighted by atomic mass is 10.00. The van der Waals surface area contributed by atoms with E-state index in [9.17, 15) is 4.79 Å². The Labute approximate surface area is 101 Å². The summed E-state index contributed by atoms with van der Waals surface area (Å²) < 4.78 is 0. The second-order valence-corrected chi connectivity index (χ2v) is 4.27. The van der Waals surface area contributed by atoms with E-state index < -0.39 is 0 Å². The first-order valence-corrected chi connectivity index (χ1v) is 5.85. The molecule has 2 amide bonds. The number of nitrogens with two attached hydrogens (primary N) is 1. The molecular weight excluding hydrogens is 214 g/mol. The molecule has 0 aliphatic carbocycles. The predicted molar refractivity (Wildman–Crippen MR) is 67.9 cm³/mol. The largest absolute Gasteiger partial charge is 0.385 e. The Balaban J connectivity index is 2.39. The number of amides is 2. The molecule has 2 rings (SSSR count). The van der Waals surface area contributed by atoms with Gasteiger partial charge in [0.2, 0.25) is 0 Å². The van der Waals surface area contributed by atoms with Crippen LogP contribution in [0.2, 0.25) is 0 Å². The number of nitrogens with zero attached hydrogens (tertiary/aromatic N) is 2. The molecule has 0 saturated carbocycles. The number of hydrogen-bond donors (Lipinski definition) is 1. The smallest absolute Gasteiger partial charge is 0.346 e. The van der Waals surface area contributed by atoms with Crippen LogP contribution in [0.1, 0.15) is 30.5 Å². The number of urea groups is 1. The van der Waals surface area contributed by atoms with Gasteiger partial charge in [0.25, 0.3) is 0 Å². The highest BCUT2D eigenvalue weighted by atomic mass is 16.2. The van der Waals surface area contributed by atoms with Gasteiger partial charge in [-0.05, 0) is 24.5 Å². The van der Waals surface area contributed by atoms with E-state index >= 15 is 0 Å². The lowest BCUT2D eigenvalue weighted by molar-refractivity contribution is 0.206. The predicted octanol–water partition coefficient (Wildman–Crippen LogP) is 2.24. The molecule has 1 aromatic rings. The molecule has 1 heterocycles. The van der Waals surface area contributed by atoms with Gasteiger partial charge < -0.3 is 10.6 Å². The third-order valence-corrected chi connectivity index (χ3v) is 3.01. The Morgan fingerprint density at radius 2 is 2.12 bits per heavy atom. The maximum Gasteiger partial charge on any atom is 0.346 e. The van der Waals surface area contributed by atoms with Crippen LogP contribution in [0, 0.1) is 6.92 Å². The van der Waals surface area contributed by atoms with Gasteiger partial charge in [-0.3, -0.25) is 0 Å². The second-order valence-electron chi connectivity index (χ2n) is 4.27. The van der Waals surface area contributed by atoms with Crippen molar-refractivity contribution < 1.29 is 4.79 Å². The topological polar surface area (TPSA) is 58.7 Å². The minimum absolute atomic E-state index is 0.191. The molecule has 1 aliphatic rings. The summed E-state index contributed by atoms with van der Waals surface area (Å²) in [6, 6.07) is 7.55. The van der Waals surface area contributed by atoms with Crippen LogP contribution in [-0.2, 0) is 0 Å². The fourth-order valence-corrected chi connectivity index (χ4v) is 2.19. The average molecular weight is 231 g/mol. The van der Waals surface area contributed by atoms with Crippen molar-refractivity contribution in [3.8, 4) is 0 Å². The molecule has 17 heavy (non-hydrogen) atoms. The van der Waals surface area contributed by atoms with Crippen molar-refractivity contribution in [3.63, 3.8) is 0 Å². The van der Waals surface area contributed by atoms with Crippen LogP contribution in [0.15, 0.2) is 29.3 Å². The van der Waals surface area contributed by atoms with Gasteiger partial charge >= 0.3 is 6.03 Å². The summed E-state index contributed by atoms with van der Waals surface area (Å²) in [5, 5.41) is 0. The summed E-state index contributed by atoms with van der Waals surface area (Å²) in [4.78, 5) is 17.3. The molecular formula is C13H17N3O. The molecule has 4 nitrogen and oxygen atoms in total. The first-order chi connectivity index (χ1) is 8.15. The molecule has 1 atom stereocenters. The molecule has 0 saturated heterocycles. The van der Waals surface area contributed by atoms with Gasteiger partial charge in [-0.2, -0.15) is 4.99 Å². The maximum atomic E-state index is 11.7. The number of aryl methyl sites for hydroxylation is 1. The van der Waals surface area contributed by atoms with Gasteiger partial charge in [0, 0.05) is 6.54 Å². The zero-order chi connectivity index (χ0) is 12.4. The van der Waals surface area contributed by atoms with Gasteiger partial charge in [-0.15, -0.1) is 0 Å². The maximum absolute atomic E-state index is 11.7. The molecule has 1 unspecified atom stereocenters. The fraction of sp³-hybridized carbons (Fsp3) is 0.385. The Kier molecular flexibility index (Phi) is 3.13. The molecule has 1 aromatic carbocycles. The summed E-state index contributed by atoms with van der Waals surface area (Å²) >= 11 is 0. The molecule has 0 radical (unpaired) electrons. The van der Waals surface area contributed by atoms with E-state index in [2.05, 4.69) is 4.99 Å². The minimum atomic E-state index is -0.224. The van der Waals surface area contributed by atoms with Crippen molar-refractivity contribution >= 4 is 11.9 Å². The van der Waals surface area contributed by atoms with Crippen LogP contribution in [0.4, 0.5) is 4.79 Å². The molecule has 4 heteroatoms. The van der Waals surface area contributed by atoms with E-state index in [1.807, 2.05) is 38.1 Å². The highest BCUT2D eigenvalue weighted by Crippen LogP contribution is 2.28. The molecule has 0 spiro atoms. The van der Waals surface area contributed by atoms with Gasteiger partial charge in [0.15, 0.2) is 0 Å². The summed E-state index contributed by atoms with van der Waals surface area (Å²) in [6.07, 6.45) is 0.900. The highest BCUT2D eigenvalue weighted by molar-refractivity contribution is 6.03. The number of carbonyl (C=O) groups is 1. The molecule has 0 fully saturated rings. The van der Waals surface area contributed by atoms with E-state index in [1.54, 1.807) is 4.90 Å². The summed E-state index contributed by atoms with van der Waals surface area (Å²) in [5.41, 5.74) is 8.07. The van der Waals surface area contributed by atoms with Gasteiger partial charge in [-0.1, -0.05) is 31.2 Å². The number of aliphatic imine (C=N–C) groups is 1. The Morgan fingerprint density at radius 1 is 1.41 bits per heavy atom. The highest BCUT2D eigenvalue weighted by Gasteiger charge is 2.34. The molecule has 90 valence electrons. The SMILES string of the molecule is CCCN1C(=O)N=C(N)C1c1ccccc1C. The summed E-state index contributed by atoms with van der Waals surface area (Å²) in [7, 11) is 0. The lowest BCUT2D eigenvalue weighted by Crippen LogP contribution is -2.34. The van der Waals surface area contributed by atoms with E-state index in [1.165, 1.54) is 0 Å². The van der Waals surface area contributed by atoms with Crippen molar-refractivity contribution in [1.82, 2.24) is 4.90 Å². The van der Waals surface area contributed by atoms with Crippen molar-refractivity contribution in [2.75, 3.05) is 6.54 Å². The Bertz CT molecular complexity index is 467. The van der Waals surface area contributed by atoms with Crippen LogP contribution < -0.4 is 5.73 Å². The van der Waals surface area contributed by atoms with Gasteiger partial charge in [0.05, 0.1) is 0 Å². The van der Waals surface area contributed by atoms with Crippen LogP contribution >= 0.6 is 0 Å². The van der Waals surface area contributed by atoms with Crippen LogP contribution in [0.25, 0.3) is 0 Å². The average Bonchev–Trinajstić information content (AvgIpc) is 2.56.